The van der Waals surface area contributed by atoms with Crippen LogP contribution in [0, 0.1) is 0 Å². The lowest BCUT2D eigenvalue weighted by Crippen LogP contribution is -2.14. The summed E-state index contributed by atoms with van der Waals surface area (Å²) in [7, 11) is 0. The van der Waals surface area contributed by atoms with Gasteiger partial charge in [-0.1, -0.05) is 29.8 Å². The van der Waals surface area contributed by atoms with E-state index in [-0.39, 0.29) is 19.0 Å². The zero-order chi connectivity index (χ0) is 18.8. The second-order valence-electron chi connectivity index (χ2n) is 5.89. The van der Waals surface area contributed by atoms with Gasteiger partial charge < -0.3 is 19.2 Å². The molecule has 2 heterocycles. The van der Waals surface area contributed by atoms with Gasteiger partial charge in [0.2, 0.25) is 6.79 Å². The lowest BCUT2D eigenvalue weighted by atomic mass is 10.1. The number of hydrogen-bond donors (Lipinski definition) is 1. The normalized spacial score (nSPS) is 12.6. The Bertz CT molecular complexity index is 1120. The van der Waals surface area contributed by atoms with Gasteiger partial charge in [-0.15, -0.1) is 0 Å². The van der Waals surface area contributed by atoms with E-state index in [2.05, 4.69) is 4.98 Å². The van der Waals surface area contributed by atoms with Crippen molar-refractivity contribution in [1.29, 1.82) is 0 Å². The van der Waals surface area contributed by atoms with E-state index in [0.29, 0.717) is 27.6 Å². The molecule has 27 heavy (non-hydrogen) atoms. The van der Waals surface area contributed by atoms with Gasteiger partial charge in [0.05, 0.1) is 10.6 Å². The first kappa shape index (κ1) is 17.2. The molecular weight excluding hydrogens is 370 g/mol. The number of fused-ring (bicyclic) bond motifs is 2. The Morgan fingerprint density at radius 1 is 1.22 bits per heavy atom. The van der Waals surface area contributed by atoms with Crippen molar-refractivity contribution in [1.82, 2.24) is 4.98 Å². The van der Waals surface area contributed by atoms with Gasteiger partial charge in [-0.3, -0.25) is 4.79 Å². The van der Waals surface area contributed by atoms with Crippen molar-refractivity contribution in [3.8, 4) is 11.5 Å². The zero-order valence-electron chi connectivity index (χ0n) is 14.0. The molecule has 0 saturated heterocycles. The van der Waals surface area contributed by atoms with Crippen molar-refractivity contribution in [2.45, 2.75) is 6.61 Å². The smallest absolute Gasteiger partial charge is 0.331 e. The first-order chi connectivity index (χ1) is 13.1. The second kappa shape index (κ2) is 7.17. The summed E-state index contributed by atoms with van der Waals surface area (Å²) >= 11 is 6.10. The maximum absolute atomic E-state index is 12.1. The third kappa shape index (κ3) is 3.66. The molecule has 0 radical (unpaired) electrons. The number of pyridine rings is 1. The lowest BCUT2D eigenvalue weighted by Gasteiger charge is -2.04. The first-order valence-corrected chi connectivity index (χ1v) is 8.53. The third-order valence-corrected chi connectivity index (χ3v) is 4.34. The number of carbonyl (C=O) groups is 1. The second-order valence-corrected chi connectivity index (χ2v) is 6.30. The molecule has 1 aliphatic heterocycles. The number of aromatic nitrogens is 1. The average Bonchev–Trinajstić information content (AvgIpc) is 3.14. The highest BCUT2D eigenvalue weighted by Gasteiger charge is 2.17. The summed E-state index contributed by atoms with van der Waals surface area (Å²) in [6.45, 7) is -0.00416. The number of aromatic amines is 1. The van der Waals surface area contributed by atoms with Gasteiger partial charge in [0.15, 0.2) is 11.5 Å². The fourth-order valence-corrected chi connectivity index (χ4v) is 3.02. The standard InChI is InChI=1S/C20H14ClNO5/c21-15-7-12(8-17-19(15)27-11-26-17)5-6-18(23)25-10-14-9-13-3-1-2-4-16(13)22-20(14)24/h1-9H,10-11H2,(H,22,24)/b6-5+. The zero-order valence-corrected chi connectivity index (χ0v) is 14.8. The first-order valence-electron chi connectivity index (χ1n) is 8.15. The van der Waals surface area contributed by atoms with Gasteiger partial charge in [0.1, 0.15) is 6.61 Å². The fraction of sp³-hybridized carbons (Fsp3) is 0.100. The molecule has 0 fully saturated rings. The number of ether oxygens (including phenoxy) is 3. The topological polar surface area (TPSA) is 77.6 Å². The quantitative estimate of drug-likeness (QED) is 0.549. The van der Waals surface area contributed by atoms with E-state index in [0.717, 1.165) is 10.9 Å². The number of benzene rings is 2. The molecule has 1 aliphatic rings. The van der Waals surface area contributed by atoms with E-state index in [1.165, 1.54) is 6.08 Å². The van der Waals surface area contributed by atoms with Crippen LogP contribution in [0.3, 0.4) is 0 Å². The van der Waals surface area contributed by atoms with Gasteiger partial charge in [-0.25, -0.2) is 4.79 Å². The van der Waals surface area contributed by atoms with E-state index < -0.39 is 5.97 Å². The average molecular weight is 384 g/mol. The lowest BCUT2D eigenvalue weighted by molar-refractivity contribution is -0.138. The summed E-state index contributed by atoms with van der Waals surface area (Å²) in [5, 5.41) is 1.27. The van der Waals surface area contributed by atoms with Crippen molar-refractivity contribution in [3.63, 3.8) is 0 Å². The van der Waals surface area contributed by atoms with Crippen LogP contribution in [-0.2, 0) is 16.1 Å². The fourth-order valence-electron chi connectivity index (χ4n) is 2.74. The van der Waals surface area contributed by atoms with Crippen LogP contribution in [-0.4, -0.2) is 17.7 Å². The van der Waals surface area contributed by atoms with Crippen molar-refractivity contribution in [2.24, 2.45) is 0 Å². The molecule has 4 rings (SSSR count). The summed E-state index contributed by atoms with van der Waals surface area (Å²) in [5.74, 6) is 0.446. The molecule has 0 atom stereocenters. The largest absolute Gasteiger partial charge is 0.457 e. The van der Waals surface area contributed by atoms with Crippen molar-refractivity contribution >= 4 is 34.5 Å². The number of rotatable bonds is 4. The van der Waals surface area contributed by atoms with E-state index in [1.54, 1.807) is 24.3 Å². The van der Waals surface area contributed by atoms with Gasteiger partial charge in [0.25, 0.3) is 5.56 Å². The molecule has 6 nitrogen and oxygen atoms in total. The van der Waals surface area contributed by atoms with E-state index in [4.69, 9.17) is 25.8 Å². The minimum Gasteiger partial charge on any atom is -0.457 e. The van der Waals surface area contributed by atoms with Crippen molar-refractivity contribution in [3.05, 3.63) is 75.0 Å². The number of carbonyl (C=O) groups excluding carboxylic acids is 1. The van der Waals surface area contributed by atoms with E-state index >= 15 is 0 Å². The predicted octanol–water partition coefficient (Wildman–Crippen LogP) is 3.67. The molecule has 7 heteroatoms. The molecule has 1 aromatic heterocycles. The Morgan fingerprint density at radius 2 is 2.07 bits per heavy atom. The third-order valence-electron chi connectivity index (χ3n) is 4.06. The number of para-hydroxylation sites is 1. The maximum atomic E-state index is 12.1. The molecule has 0 unspecified atom stereocenters. The summed E-state index contributed by atoms with van der Waals surface area (Å²) in [6, 6.07) is 12.5. The number of halogens is 1. The highest BCUT2D eigenvalue weighted by molar-refractivity contribution is 6.32. The molecular formula is C20H14ClNO5. The Kier molecular flexibility index (Phi) is 4.56. The van der Waals surface area contributed by atoms with Crippen molar-refractivity contribution < 1.29 is 19.0 Å². The van der Waals surface area contributed by atoms with Gasteiger partial charge in [-0.2, -0.15) is 0 Å². The number of hydrogen-bond acceptors (Lipinski definition) is 5. The number of esters is 1. The van der Waals surface area contributed by atoms with Crippen LogP contribution in [0.4, 0.5) is 0 Å². The summed E-state index contributed by atoms with van der Waals surface area (Å²) in [5.41, 5.74) is 1.50. The van der Waals surface area contributed by atoms with Crippen LogP contribution in [0.5, 0.6) is 11.5 Å². The Hall–Kier alpha value is -3.25. The molecule has 2 aromatic carbocycles. The molecule has 0 bridgehead atoms. The molecule has 0 aliphatic carbocycles. The highest BCUT2D eigenvalue weighted by Crippen LogP contribution is 2.40. The van der Waals surface area contributed by atoms with Gasteiger partial charge in [0, 0.05) is 11.6 Å². The maximum Gasteiger partial charge on any atom is 0.331 e. The SMILES string of the molecule is O=C(/C=C/c1cc(Cl)c2c(c1)OCO2)OCc1cc2ccccc2[nH]c1=O. The van der Waals surface area contributed by atoms with Gasteiger partial charge in [-0.05, 0) is 41.3 Å². The number of nitrogens with one attached hydrogen (secondary N) is 1. The Morgan fingerprint density at radius 3 is 2.96 bits per heavy atom. The van der Waals surface area contributed by atoms with Crippen LogP contribution >= 0.6 is 11.6 Å². The molecule has 136 valence electrons. The Balaban J connectivity index is 1.44. The highest BCUT2D eigenvalue weighted by atomic mass is 35.5. The summed E-state index contributed by atoms with van der Waals surface area (Å²) in [6.07, 6.45) is 2.82. The molecule has 0 saturated carbocycles. The van der Waals surface area contributed by atoms with E-state index in [9.17, 15) is 9.59 Å². The minimum atomic E-state index is -0.573. The predicted molar refractivity (Wildman–Crippen MR) is 101 cm³/mol. The van der Waals surface area contributed by atoms with Crippen LogP contribution in [0.1, 0.15) is 11.1 Å². The molecule has 1 N–H and O–H groups in total. The number of H-pyrrole nitrogens is 1. The summed E-state index contributed by atoms with van der Waals surface area (Å²) in [4.78, 5) is 26.8. The summed E-state index contributed by atoms with van der Waals surface area (Å²) < 4.78 is 15.7. The van der Waals surface area contributed by atoms with Crippen LogP contribution in [0.15, 0.2) is 53.3 Å². The van der Waals surface area contributed by atoms with Crippen LogP contribution in [0.2, 0.25) is 5.02 Å². The Labute approximate surface area is 158 Å². The molecule has 0 spiro atoms. The minimum absolute atomic E-state index is 0.116. The van der Waals surface area contributed by atoms with Crippen LogP contribution < -0.4 is 15.0 Å². The van der Waals surface area contributed by atoms with Gasteiger partial charge >= 0.3 is 5.97 Å². The molecule has 3 aromatic rings. The molecule has 0 amide bonds. The van der Waals surface area contributed by atoms with E-state index in [1.807, 2.05) is 24.3 Å². The van der Waals surface area contributed by atoms with Crippen LogP contribution in [0.25, 0.3) is 17.0 Å². The monoisotopic (exact) mass is 383 g/mol. The van der Waals surface area contributed by atoms with Crippen molar-refractivity contribution in [2.75, 3.05) is 6.79 Å².